The Morgan fingerprint density at radius 2 is 1.90 bits per heavy atom. The molecule has 0 aliphatic heterocycles. The quantitative estimate of drug-likeness (QED) is 0.765. The Balaban J connectivity index is 2.35. The van der Waals surface area contributed by atoms with Gasteiger partial charge in [0.25, 0.3) is 0 Å². The summed E-state index contributed by atoms with van der Waals surface area (Å²) in [7, 11) is 1.42. The van der Waals surface area contributed by atoms with Crippen molar-refractivity contribution in [2.24, 2.45) is 11.8 Å². The van der Waals surface area contributed by atoms with Crippen LogP contribution in [0.1, 0.15) is 41.6 Å². The number of benzene rings is 1. The van der Waals surface area contributed by atoms with E-state index in [0.29, 0.717) is 25.0 Å². The Kier molecular flexibility index (Phi) is 4.59. The Morgan fingerprint density at radius 3 is 2.52 bits per heavy atom. The van der Waals surface area contributed by atoms with Crippen LogP contribution in [0.15, 0.2) is 18.2 Å². The second-order valence-corrected chi connectivity index (χ2v) is 5.61. The van der Waals surface area contributed by atoms with E-state index >= 15 is 0 Å². The van der Waals surface area contributed by atoms with Crippen LogP contribution < -0.4 is 4.74 Å². The Labute approximate surface area is 122 Å². The van der Waals surface area contributed by atoms with Crippen LogP contribution in [0.4, 0.5) is 13.2 Å². The van der Waals surface area contributed by atoms with Crippen molar-refractivity contribution in [3.05, 3.63) is 29.3 Å². The maximum Gasteiger partial charge on any atom is 0.392 e. The molecule has 0 spiro atoms. The van der Waals surface area contributed by atoms with E-state index in [9.17, 15) is 18.0 Å². The van der Waals surface area contributed by atoms with E-state index in [0.717, 1.165) is 5.56 Å². The first kappa shape index (κ1) is 15.9. The van der Waals surface area contributed by atoms with Crippen molar-refractivity contribution in [1.82, 2.24) is 0 Å². The van der Waals surface area contributed by atoms with Gasteiger partial charge in [0.2, 0.25) is 0 Å². The third-order valence-electron chi connectivity index (χ3n) is 4.14. The number of carbonyl (C=O) groups excluding carboxylic acids is 1. The molecule has 0 heterocycles. The van der Waals surface area contributed by atoms with E-state index in [1.165, 1.54) is 7.11 Å². The third kappa shape index (κ3) is 3.39. The molecule has 1 aliphatic carbocycles. The number of rotatable bonds is 3. The fourth-order valence-corrected chi connectivity index (χ4v) is 3.05. The maximum absolute atomic E-state index is 13.1. The van der Waals surface area contributed by atoms with Gasteiger partial charge in [0.05, 0.1) is 18.6 Å². The fraction of sp³-hybridized carbons (Fsp3) is 0.562. The maximum atomic E-state index is 13.1. The smallest absolute Gasteiger partial charge is 0.392 e. The SMILES string of the molecule is COc1ccc(C)cc1C(=O)C1CCCCC1C(F)(F)F. The lowest BCUT2D eigenvalue weighted by molar-refractivity contribution is -0.190. The zero-order valence-electron chi connectivity index (χ0n) is 12.2. The number of halogens is 3. The minimum absolute atomic E-state index is 0.0358. The molecule has 2 unspecified atom stereocenters. The molecule has 0 N–H and O–H groups in total. The summed E-state index contributed by atoms with van der Waals surface area (Å²) in [6.45, 7) is 1.80. The molecule has 0 saturated heterocycles. The first-order valence-electron chi connectivity index (χ1n) is 7.10. The van der Waals surface area contributed by atoms with Crippen molar-refractivity contribution in [2.45, 2.75) is 38.8 Å². The molecule has 1 aromatic carbocycles. The van der Waals surface area contributed by atoms with Gasteiger partial charge in [-0.2, -0.15) is 13.2 Å². The van der Waals surface area contributed by atoms with Crippen molar-refractivity contribution >= 4 is 5.78 Å². The Morgan fingerprint density at radius 1 is 1.24 bits per heavy atom. The molecular weight excluding hydrogens is 281 g/mol. The highest BCUT2D eigenvalue weighted by Crippen LogP contribution is 2.43. The summed E-state index contributed by atoms with van der Waals surface area (Å²) in [4.78, 5) is 12.6. The molecule has 0 radical (unpaired) electrons. The molecular formula is C16H19F3O2. The number of ketones is 1. The molecule has 2 atom stereocenters. The summed E-state index contributed by atoms with van der Waals surface area (Å²) >= 11 is 0. The van der Waals surface area contributed by atoms with E-state index in [1.807, 2.05) is 0 Å². The number of ether oxygens (including phenoxy) is 1. The number of hydrogen-bond acceptors (Lipinski definition) is 2. The zero-order valence-corrected chi connectivity index (χ0v) is 12.2. The lowest BCUT2D eigenvalue weighted by Gasteiger charge is -2.32. The number of methoxy groups -OCH3 is 1. The van der Waals surface area contributed by atoms with Crippen LogP contribution in [-0.2, 0) is 0 Å². The van der Waals surface area contributed by atoms with Crippen LogP contribution >= 0.6 is 0 Å². The lowest BCUT2D eigenvalue weighted by Crippen LogP contribution is -2.37. The van der Waals surface area contributed by atoms with E-state index < -0.39 is 23.8 Å². The molecule has 5 heteroatoms. The van der Waals surface area contributed by atoms with Crippen LogP contribution in [-0.4, -0.2) is 19.1 Å². The van der Waals surface area contributed by atoms with Gasteiger partial charge in [-0.25, -0.2) is 0 Å². The van der Waals surface area contributed by atoms with Gasteiger partial charge in [-0.15, -0.1) is 0 Å². The van der Waals surface area contributed by atoms with Gasteiger partial charge in [-0.1, -0.05) is 24.5 Å². The molecule has 1 saturated carbocycles. The van der Waals surface area contributed by atoms with E-state index in [-0.39, 0.29) is 12.0 Å². The summed E-state index contributed by atoms with van der Waals surface area (Å²) in [6.07, 6.45) is -2.80. The topological polar surface area (TPSA) is 26.3 Å². The Hall–Kier alpha value is -1.52. The van der Waals surface area contributed by atoms with Crippen molar-refractivity contribution in [3.8, 4) is 5.75 Å². The number of carbonyl (C=O) groups is 1. The number of Topliss-reactive ketones (excluding diaryl/α,β-unsaturated/α-hetero) is 1. The van der Waals surface area contributed by atoms with Crippen LogP contribution in [0.2, 0.25) is 0 Å². The molecule has 116 valence electrons. The summed E-state index contributed by atoms with van der Waals surface area (Å²) in [5.74, 6) is -2.63. The van der Waals surface area contributed by atoms with E-state index in [4.69, 9.17) is 4.74 Å². The van der Waals surface area contributed by atoms with Crippen LogP contribution in [0.5, 0.6) is 5.75 Å². The van der Waals surface area contributed by atoms with Gasteiger partial charge in [0.15, 0.2) is 5.78 Å². The number of alkyl halides is 3. The minimum Gasteiger partial charge on any atom is -0.496 e. The highest BCUT2D eigenvalue weighted by molar-refractivity contribution is 6.00. The number of hydrogen-bond donors (Lipinski definition) is 0. The third-order valence-corrected chi connectivity index (χ3v) is 4.14. The standard InChI is InChI=1S/C16H19F3O2/c1-10-7-8-14(21-2)12(9-10)15(20)11-5-3-4-6-13(11)16(17,18)19/h7-9,11,13H,3-6H2,1-2H3. The van der Waals surface area contributed by atoms with Crippen molar-refractivity contribution in [2.75, 3.05) is 7.11 Å². The largest absolute Gasteiger partial charge is 0.496 e. The van der Waals surface area contributed by atoms with Crippen molar-refractivity contribution in [1.29, 1.82) is 0 Å². The molecule has 2 rings (SSSR count). The molecule has 0 bridgehead atoms. The predicted molar refractivity (Wildman–Crippen MR) is 73.6 cm³/mol. The monoisotopic (exact) mass is 300 g/mol. The zero-order chi connectivity index (χ0) is 15.6. The predicted octanol–water partition coefficient (Wildman–Crippen LogP) is 4.56. The molecule has 0 amide bonds. The average molecular weight is 300 g/mol. The van der Waals surface area contributed by atoms with Gasteiger partial charge in [0, 0.05) is 5.92 Å². The highest BCUT2D eigenvalue weighted by atomic mass is 19.4. The average Bonchev–Trinajstić information content (AvgIpc) is 2.45. The van der Waals surface area contributed by atoms with Gasteiger partial charge in [0.1, 0.15) is 5.75 Å². The van der Waals surface area contributed by atoms with Crippen LogP contribution in [0.25, 0.3) is 0 Å². The molecule has 1 aliphatic rings. The second-order valence-electron chi connectivity index (χ2n) is 5.61. The first-order chi connectivity index (χ1) is 9.84. The van der Waals surface area contributed by atoms with Crippen molar-refractivity contribution < 1.29 is 22.7 Å². The highest BCUT2D eigenvalue weighted by Gasteiger charge is 2.48. The molecule has 21 heavy (non-hydrogen) atoms. The van der Waals surface area contributed by atoms with E-state index in [1.54, 1.807) is 25.1 Å². The van der Waals surface area contributed by atoms with E-state index in [2.05, 4.69) is 0 Å². The van der Waals surface area contributed by atoms with Crippen molar-refractivity contribution in [3.63, 3.8) is 0 Å². The Bertz CT molecular complexity index is 523. The number of aryl methyl sites for hydroxylation is 1. The van der Waals surface area contributed by atoms with Gasteiger partial charge in [-0.3, -0.25) is 4.79 Å². The molecule has 0 aromatic heterocycles. The van der Waals surface area contributed by atoms with Crippen LogP contribution in [0, 0.1) is 18.8 Å². The van der Waals surface area contributed by atoms with Gasteiger partial charge in [-0.05, 0) is 31.9 Å². The summed E-state index contributed by atoms with van der Waals surface area (Å²) in [6, 6.07) is 5.02. The minimum atomic E-state index is -4.32. The summed E-state index contributed by atoms with van der Waals surface area (Å²) < 4.78 is 44.6. The summed E-state index contributed by atoms with van der Waals surface area (Å²) in [5, 5.41) is 0. The lowest BCUT2D eigenvalue weighted by atomic mass is 9.75. The molecule has 1 aromatic rings. The molecule has 2 nitrogen and oxygen atoms in total. The van der Waals surface area contributed by atoms with Gasteiger partial charge < -0.3 is 4.74 Å². The molecule has 1 fully saturated rings. The first-order valence-corrected chi connectivity index (χ1v) is 7.10. The van der Waals surface area contributed by atoms with Crippen LogP contribution in [0.3, 0.4) is 0 Å². The normalized spacial score (nSPS) is 22.9. The second kappa shape index (κ2) is 6.08. The van der Waals surface area contributed by atoms with Gasteiger partial charge >= 0.3 is 6.18 Å². The fourth-order valence-electron chi connectivity index (χ4n) is 3.05. The summed E-state index contributed by atoms with van der Waals surface area (Å²) in [5.41, 5.74) is 1.09.